The van der Waals surface area contributed by atoms with Crippen LogP contribution in [0.5, 0.6) is 0 Å². The molecule has 0 aliphatic carbocycles. The predicted octanol–water partition coefficient (Wildman–Crippen LogP) is 0.938. The summed E-state index contributed by atoms with van der Waals surface area (Å²) < 4.78 is 0. The van der Waals surface area contributed by atoms with Gasteiger partial charge in [0.15, 0.2) is 0 Å². The number of hydrogen-bond acceptors (Lipinski definition) is 4. The first kappa shape index (κ1) is 23.6. The maximum absolute atomic E-state index is 10.1. The molecular weight excluding hydrogens is 259 g/mol. The van der Waals surface area contributed by atoms with Crippen molar-refractivity contribution >= 4 is 28.2 Å². The predicted molar refractivity (Wildman–Crippen MR) is 74.4 cm³/mol. The zero-order valence-electron chi connectivity index (χ0n) is 12.9. The van der Waals surface area contributed by atoms with Crippen LogP contribution in [-0.2, 0) is 9.59 Å². The van der Waals surface area contributed by atoms with E-state index in [1.807, 2.05) is 27.7 Å². The van der Waals surface area contributed by atoms with Crippen molar-refractivity contribution in [2.45, 2.75) is 65.6 Å². The van der Waals surface area contributed by atoms with E-state index in [0.717, 1.165) is 0 Å². The Hall–Kier alpha value is -0.528. The Morgan fingerprint density at radius 2 is 0.947 bits per heavy atom. The molecule has 19 heavy (non-hydrogen) atoms. The van der Waals surface area contributed by atoms with Gasteiger partial charge in [-0.15, -0.1) is 0 Å². The van der Waals surface area contributed by atoms with E-state index in [2.05, 4.69) is 23.2 Å². The number of hydrogen-bond donors (Lipinski definition) is 0. The molecule has 0 aromatic heterocycles. The number of carbonyl (C=O) groups excluding carboxylic acids is 2. The number of carboxylic acids is 2. The van der Waals surface area contributed by atoms with Crippen molar-refractivity contribution in [2.75, 3.05) is 0 Å². The van der Waals surface area contributed by atoms with E-state index in [0.29, 0.717) is 25.7 Å². The molecule has 0 aromatic rings. The molecule has 0 atom stereocenters. The number of carboxylic acid groups (broad SMARTS) is 2. The molecular formula is C14H27AlO4. The van der Waals surface area contributed by atoms with Crippen LogP contribution in [-0.4, -0.2) is 28.2 Å². The molecule has 0 spiro atoms. The van der Waals surface area contributed by atoms with E-state index in [9.17, 15) is 19.8 Å². The van der Waals surface area contributed by atoms with Gasteiger partial charge in [-0.2, -0.15) is 0 Å². The number of aliphatic carboxylic acids is 2. The first-order valence-corrected chi connectivity index (χ1v) is 7.79. The monoisotopic (exact) mass is 286 g/mol. The van der Waals surface area contributed by atoms with E-state index < -0.39 is 11.9 Å². The number of rotatable bonds is 6. The summed E-state index contributed by atoms with van der Waals surface area (Å²) in [6.45, 7) is 9.49. The average molecular weight is 286 g/mol. The van der Waals surface area contributed by atoms with Gasteiger partial charge < -0.3 is 19.8 Å². The second-order valence-corrected chi connectivity index (χ2v) is 4.89. The zero-order chi connectivity index (χ0) is 15.8. The molecule has 0 radical (unpaired) electrons. The van der Waals surface area contributed by atoms with Crippen molar-refractivity contribution in [3.63, 3.8) is 0 Å². The van der Waals surface area contributed by atoms with Crippen molar-refractivity contribution < 1.29 is 19.8 Å². The third-order valence-corrected chi connectivity index (χ3v) is 2.64. The first-order valence-electron chi connectivity index (χ1n) is 6.97. The van der Waals surface area contributed by atoms with Gasteiger partial charge in [-0.1, -0.05) is 27.7 Å². The Labute approximate surface area is 126 Å². The van der Waals surface area contributed by atoms with Crippen LogP contribution in [0.15, 0.2) is 0 Å². The molecule has 0 amide bonds. The molecule has 0 aliphatic heterocycles. The van der Waals surface area contributed by atoms with Crippen molar-refractivity contribution in [2.24, 2.45) is 11.8 Å². The fourth-order valence-electron chi connectivity index (χ4n) is 1.24. The molecule has 110 valence electrons. The SMILES string of the molecule is CCC(CC)C(=O)[O-].CCC(CC)C(=O)[O-].C[CH2][Al+2]. The van der Waals surface area contributed by atoms with E-state index in [4.69, 9.17) is 0 Å². The van der Waals surface area contributed by atoms with Crippen LogP contribution >= 0.6 is 0 Å². The van der Waals surface area contributed by atoms with Crippen molar-refractivity contribution in [3.05, 3.63) is 0 Å². The van der Waals surface area contributed by atoms with Crippen LogP contribution < -0.4 is 10.2 Å². The summed E-state index contributed by atoms with van der Waals surface area (Å²) in [6, 6.07) is 0. The summed E-state index contributed by atoms with van der Waals surface area (Å²) in [5.74, 6) is -2.32. The average Bonchev–Trinajstić information content (AvgIpc) is 2.33. The van der Waals surface area contributed by atoms with E-state index in [1.165, 1.54) is 5.28 Å². The minimum absolute atomic E-state index is 0.241. The van der Waals surface area contributed by atoms with Crippen LogP contribution in [0.25, 0.3) is 0 Å². The van der Waals surface area contributed by atoms with Crippen molar-refractivity contribution in [1.82, 2.24) is 0 Å². The molecule has 0 saturated heterocycles. The topological polar surface area (TPSA) is 80.3 Å². The molecule has 5 heteroatoms. The Bertz CT molecular complexity index is 189. The van der Waals surface area contributed by atoms with Crippen LogP contribution in [0.3, 0.4) is 0 Å². The molecule has 0 heterocycles. The summed E-state index contributed by atoms with van der Waals surface area (Å²) in [6.07, 6.45) is 2.72. The van der Waals surface area contributed by atoms with Crippen LogP contribution in [0.1, 0.15) is 60.3 Å². The third-order valence-electron chi connectivity index (χ3n) is 2.64. The van der Waals surface area contributed by atoms with Crippen LogP contribution in [0, 0.1) is 11.8 Å². The molecule has 0 saturated carbocycles. The Morgan fingerprint density at radius 3 is 0.947 bits per heavy atom. The normalized spacial score (nSPS) is 9.32. The summed E-state index contributed by atoms with van der Waals surface area (Å²) in [5, 5.41) is 21.3. The summed E-state index contributed by atoms with van der Waals surface area (Å²) >= 11 is 2.58. The van der Waals surface area contributed by atoms with Crippen LogP contribution in [0.4, 0.5) is 0 Å². The summed E-state index contributed by atoms with van der Waals surface area (Å²) in [4.78, 5) is 20.1. The van der Waals surface area contributed by atoms with Gasteiger partial charge in [-0.25, -0.2) is 0 Å². The molecule has 0 bridgehead atoms. The van der Waals surface area contributed by atoms with Gasteiger partial charge in [0.25, 0.3) is 0 Å². The van der Waals surface area contributed by atoms with E-state index >= 15 is 0 Å². The summed E-state index contributed by atoms with van der Waals surface area (Å²) in [5.41, 5.74) is 0. The maximum atomic E-state index is 10.1. The molecule has 0 unspecified atom stereocenters. The minimum atomic E-state index is -0.921. The van der Waals surface area contributed by atoms with Crippen molar-refractivity contribution in [3.8, 4) is 0 Å². The molecule has 0 N–H and O–H groups in total. The second kappa shape index (κ2) is 17.5. The fourth-order valence-corrected chi connectivity index (χ4v) is 1.24. The molecule has 0 aromatic carbocycles. The van der Waals surface area contributed by atoms with Gasteiger partial charge >= 0.3 is 28.5 Å². The molecule has 0 fully saturated rings. The van der Waals surface area contributed by atoms with Gasteiger partial charge in [0, 0.05) is 11.9 Å². The van der Waals surface area contributed by atoms with Gasteiger partial charge in [-0.05, 0) is 37.5 Å². The zero-order valence-corrected chi connectivity index (χ0v) is 14.1. The van der Waals surface area contributed by atoms with Crippen LogP contribution in [0.2, 0.25) is 5.28 Å². The van der Waals surface area contributed by atoms with Gasteiger partial charge in [0.2, 0.25) is 0 Å². The van der Waals surface area contributed by atoms with Crippen molar-refractivity contribution in [1.29, 1.82) is 0 Å². The van der Waals surface area contributed by atoms with Gasteiger partial charge in [-0.3, -0.25) is 0 Å². The molecule has 0 rings (SSSR count). The second-order valence-electron chi connectivity index (χ2n) is 4.07. The molecule has 0 aliphatic rings. The Balaban J connectivity index is -0.000000224. The Morgan fingerprint density at radius 1 is 0.789 bits per heavy atom. The number of carbonyl (C=O) groups is 2. The van der Waals surface area contributed by atoms with E-state index in [-0.39, 0.29) is 11.8 Å². The standard InChI is InChI=1S/2C6H12O2.C2H5.Al/c2*1-3-5(4-2)6(7)8;1-2;/h2*5H,3-4H2,1-2H3,(H,7,8);1H2,2H3;/q;;;+2/p-2. The van der Waals surface area contributed by atoms with Gasteiger partial charge in [0.1, 0.15) is 0 Å². The van der Waals surface area contributed by atoms with Gasteiger partial charge in [0.05, 0.1) is 0 Å². The fraction of sp³-hybridized carbons (Fsp3) is 0.857. The quantitative estimate of drug-likeness (QED) is 0.680. The van der Waals surface area contributed by atoms with E-state index in [1.54, 1.807) is 0 Å². The third kappa shape index (κ3) is 17.5. The Kier molecular flexibility index (Phi) is 21.7. The summed E-state index contributed by atoms with van der Waals surface area (Å²) in [7, 11) is 0. The first-order chi connectivity index (χ1) is 8.85. The molecule has 4 nitrogen and oxygen atoms in total.